The largest absolute Gasteiger partial charge is 0.409 e. The minimum Gasteiger partial charge on any atom is -0.409 e. The van der Waals surface area contributed by atoms with Crippen molar-refractivity contribution in [2.24, 2.45) is 16.3 Å². The predicted molar refractivity (Wildman–Crippen MR) is 78.6 cm³/mol. The molecule has 0 aliphatic heterocycles. The highest BCUT2D eigenvalue weighted by Crippen LogP contribution is 2.32. The highest BCUT2D eigenvalue weighted by Gasteiger charge is 2.23. The van der Waals surface area contributed by atoms with E-state index in [0.29, 0.717) is 35.3 Å². The van der Waals surface area contributed by atoms with E-state index in [4.69, 9.17) is 10.9 Å². The fourth-order valence-electron chi connectivity index (χ4n) is 1.58. The molecule has 0 aliphatic carbocycles. The Morgan fingerprint density at radius 1 is 1.45 bits per heavy atom. The molecule has 7 heteroatoms. The molecule has 1 aromatic carbocycles. The number of amidine groups is 1. The Hall–Kier alpha value is -1.50. The first-order valence-electron chi connectivity index (χ1n) is 6.12. The molecule has 0 aliphatic rings. The fraction of sp³-hybridized carbons (Fsp3) is 0.462. The van der Waals surface area contributed by atoms with Gasteiger partial charge in [0, 0.05) is 22.5 Å². The van der Waals surface area contributed by atoms with Crippen LogP contribution in [0.4, 0.5) is 14.5 Å². The number of nitrogens with two attached hydrogens (primary N) is 1. The topological polar surface area (TPSA) is 70.6 Å². The van der Waals surface area contributed by atoms with Gasteiger partial charge in [0.1, 0.15) is 5.84 Å². The van der Waals surface area contributed by atoms with Crippen molar-refractivity contribution in [3.63, 3.8) is 0 Å². The Kier molecular flexibility index (Phi) is 6.06. The van der Waals surface area contributed by atoms with Gasteiger partial charge >= 0.3 is 0 Å². The van der Waals surface area contributed by atoms with Gasteiger partial charge in [-0.15, -0.1) is 0 Å². The molecular formula is C13H19F2N3OS. The standard InChI is InChI=1S/C13H19F2N3OS/c1-13(2,11(16)18-19)7-8-17-9-5-3-4-6-10(9)20-12(14)15/h3-6,12,17,19H,7-8H2,1-2H3,(H2,16,18). The van der Waals surface area contributed by atoms with Gasteiger partial charge in [-0.3, -0.25) is 0 Å². The van der Waals surface area contributed by atoms with E-state index in [-0.39, 0.29) is 5.84 Å². The SMILES string of the molecule is CC(C)(CCNc1ccccc1SC(F)F)C(N)=NO. The Balaban J connectivity index is 2.62. The first-order valence-corrected chi connectivity index (χ1v) is 7.00. The second-order valence-electron chi connectivity index (χ2n) is 4.92. The van der Waals surface area contributed by atoms with E-state index in [2.05, 4.69) is 10.5 Å². The molecule has 1 rings (SSSR count). The summed E-state index contributed by atoms with van der Waals surface area (Å²) in [5.74, 6) is -2.30. The van der Waals surface area contributed by atoms with Crippen LogP contribution in [0, 0.1) is 5.41 Å². The molecule has 0 aromatic heterocycles. The molecular weight excluding hydrogens is 284 g/mol. The molecule has 0 radical (unpaired) electrons. The molecule has 0 bridgehead atoms. The van der Waals surface area contributed by atoms with Gasteiger partial charge in [0.05, 0.1) is 0 Å². The monoisotopic (exact) mass is 303 g/mol. The molecule has 0 amide bonds. The van der Waals surface area contributed by atoms with E-state index in [1.165, 1.54) is 0 Å². The molecule has 0 fully saturated rings. The molecule has 20 heavy (non-hydrogen) atoms. The number of hydrogen-bond donors (Lipinski definition) is 3. The van der Waals surface area contributed by atoms with E-state index in [1.807, 2.05) is 13.8 Å². The third-order valence-electron chi connectivity index (χ3n) is 2.97. The number of nitrogens with zero attached hydrogens (tertiary/aromatic N) is 1. The Morgan fingerprint density at radius 3 is 2.70 bits per heavy atom. The molecule has 1 aromatic rings. The van der Waals surface area contributed by atoms with Gasteiger partial charge in [-0.1, -0.05) is 42.9 Å². The summed E-state index contributed by atoms with van der Waals surface area (Å²) in [6.07, 6.45) is 0.608. The van der Waals surface area contributed by atoms with Crippen LogP contribution in [-0.4, -0.2) is 23.3 Å². The average Bonchev–Trinajstić information content (AvgIpc) is 2.39. The zero-order valence-electron chi connectivity index (χ0n) is 11.4. The molecule has 0 saturated heterocycles. The number of hydrogen-bond acceptors (Lipinski definition) is 4. The fourth-order valence-corrected chi connectivity index (χ4v) is 2.20. The van der Waals surface area contributed by atoms with Crippen LogP contribution >= 0.6 is 11.8 Å². The van der Waals surface area contributed by atoms with E-state index in [9.17, 15) is 8.78 Å². The van der Waals surface area contributed by atoms with Gasteiger partial charge in [0.2, 0.25) is 0 Å². The van der Waals surface area contributed by atoms with Crippen molar-refractivity contribution in [1.82, 2.24) is 0 Å². The van der Waals surface area contributed by atoms with Crippen LogP contribution in [0.1, 0.15) is 20.3 Å². The maximum Gasteiger partial charge on any atom is 0.288 e. The third kappa shape index (κ3) is 4.88. The van der Waals surface area contributed by atoms with E-state index < -0.39 is 11.2 Å². The van der Waals surface area contributed by atoms with Crippen LogP contribution in [0.5, 0.6) is 0 Å². The summed E-state index contributed by atoms with van der Waals surface area (Å²) in [6.45, 7) is 4.23. The maximum absolute atomic E-state index is 12.4. The minimum absolute atomic E-state index is 0.148. The lowest BCUT2D eigenvalue weighted by Crippen LogP contribution is -2.33. The lowest BCUT2D eigenvalue weighted by molar-refractivity contribution is 0.252. The minimum atomic E-state index is -2.45. The summed E-state index contributed by atoms with van der Waals surface area (Å²) in [6, 6.07) is 6.90. The van der Waals surface area contributed by atoms with E-state index in [0.717, 1.165) is 0 Å². The summed E-state index contributed by atoms with van der Waals surface area (Å²) in [5, 5.41) is 14.8. The second-order valence-corrected chi connectivity index (χ2v) is 5.95. The van der Waals surface area contributed by atoms with Crippen LogP contribution < -0.4 is 11.1 Å². The van der Waals surface area contributed by atoms with Gasteiger partial charge in [0.25, 0.3) is 5.76 Å². The molecule has 4 N–H and O–H groups in total. The molecule has 112 valence electrons. The first-order chi connectivity index (χ1) is 9.36. The normalized spacial score (nSPS) is 12.8. The van der Waals surface area contributed by atoms with Crippen LogP contribution in [0.15, 0.2) is 34.3 Å². The van der Waals surface area contributed by atoms with Crippen molar-refractivity contribution >= 4 is 23.3 Å². The smallest absolute Gasteiger partial charge is 0.288 e. The number of alkyl halides is 2. The lowest BCUT2D eigenvalue weighted by atomic mass is 9.88. The van der Waals surface area contributed by atoms with Gasteiger partial charge in [-0.05, 0) is 18.6 Å². The number of nitrogens with one attached hydrogen (secondary N) is 1. The Bertz CT molecular complexity index is 467. The van der Waals surface area contributed by atoms with Crippen LogP contribution in [0.3, 0.4) is 0 Å². The molecule has 0 saturated carbocycles. The quantitative estimate of drug-likeness (QED) is 0.237. The number of halogens is 2. The molecule has 4 nitrogen and oxygen atoms in total. The molecule has 0 unspecified atom stereocenters. The van der Waals surface area contributed by atoms with Gasteiger partial charge in [0.15, 0.2) is 0 Å². The predicted octanol–water partition coefficient (Wildman–Crippen LogP) is 3.58. The van der Waals surface area contributed by atoms with Gasteiger partial charge < -0.3 is 16.3 Å². The highest BCUT2D eigenvalue weighted by molar-refractivity contribution is 7.99. The number of para-hydroxylation sites is 1. The Labute approximate surface area is 121 Å². The van der Waals surface area contributed by atoms with Crippen molar-refractivity contribution in [3.8, 4) is 0 Å². The second kappa shape index (κ2) is 7.33. The number of oxime groups is 1. The van der Waals surface area contributed by atoms with Gasteiger partial charge in [-0.25, -0.2) is 0 Å². The summed E-state index contributed by atoms with van der Waals surface area (Å²) in [5.41, 5.74) is 5.79. The summed E-state index contributed by atoms with van der Waals surface area (Å²) >= 11 is 0.510. The summed E-state index contributed by atoms with van der Waals surface area (Å²) < 4.78 is 24.9. The van der Waals surface area contributed by atoms with Crippen LogP contribution in [-0.2, 0) is 0 Å². The Morgan fingerprint density at radius 2 is 2.10 bits per heavy atom. The summed E-state index contributed by atoms with van der Waals surface area (Å²) in [7, 11) is 0. The van der Waals surface area contributed by atoms with Crippen LogP contribution in [0.2, 0.25) is 0 Å². The van der Waals surface area contributed by atoms with Crippen molar-refractivity contribution < 1.29 is 14.0 Å². The van der Waals surface area contributed by atoms with Gasteiger partial charge in [-0.2, -0.15) is 8.78 Å². The number of rotatable bonds is 7. The molecule has 0 heterocycles. The molecule has 0 spiro atoms. The number of benzene rings is 1. The van der Waals surface area contributed by atoms with Crippen molar-refractivity contribution in [3.05, 3.63) is 24.3 Å². The zero-order valence-corrected chi connectivity index (χ0v) is 12.3. The molecule has 0 atom stereocenters. The first kappa shape index (κ1) is 16.6. The number of anilines is 1. The van der Waals surface area contributed by atoms with E-state index in [1.54, 1.807) is 24.3 Å². The van der Waals surface area contributed by atoms with Crippen molar-refractivity contribution in [1.29, 1.82) is 0 Å². The zero-order chi connectivity index (χ0) is 15.2. The van der Waals surface area contributed by atoms with Crippen molar-refractivity contribution in [2.75, 3.05) is 11.9 Å². The van der Waals surface area contributed by atoms with Crippen molar-refractivity contribution in [2.45, 2.75) is 30.9 Å². The number of thioether (sulfide) groups is 1. The third-order valence-corrected chi connectivity index (χ3v) is 3.76. The summed E-state index contributed by atoms with van der Waals surface area (Å²) in [4.78, 5) is 0.504. The highest BCUT2D eigenvalue weighted by atomic mass is 32.2. The average molecular weight is 303 g/mol. The lowest BCUT2D eigenvalue weighted by Gasteiger charge is -2.23. The maximum atomic E-state index is 12.4. The van der Waals surface area contributed by atoms with E-state index >= 15 is 0 Å². The van der Waals surface area contributed by atoms with Crippen LogP contribution in [0.25, 0.3) is 0 Å².